The molecule has 5 nitrogen and oxygen atoms in total. The van der Waals surface area contributed by atoms with Gasteiger partial charge in [0, 0.05) is 11.7 Å². The van der Waals surface area contributed by atoms with Crippen LogP contribution < -0.4 is 16.2 Å². The zero-order chi connectivity index (χ0) is 14.8. The first-order valence-electron chi connectivity index (χ1n) is 7.00. The van der Waals surface area contributed by atoms with Crippen LogP contribution in [0.1, 0.15) is 28.7 Å². The van der Waals surface area contributed by atoms with E-state index in [4.69, 9.17) is 5.84 Å². The number of para-hydroxylation sites is 1. The number of rotatable bonds is 3. The number of aromatic nitrogens is 1. The van der Waals surface area contributed by atoms with E-state index in [2.05, 4.69) is 46.5 Å². The maximum Gasteiger partial charge on any atom is 0.283 e. The minimum absolute atomic E-state index is 0.343. The van der Waals surface area contributed by atoms with Crippen molar-refractivity contribution in [2.75, 3.05) is 4.90 Å². The third-order valence-corrected chi connectivity index (χ3v) is 3.85. The van der Waals surface area contributed by atoms with Gasteiger partial charge in [0.2, 0.25) is 0 Å². The Morgan fingerprint density at radius 2 is 2.14 bits per heavy atom. The van der Waals surface area contributed by atoms with Gasteiger partial charge in [-0.2, -0.15) is 0 Å². The van der Waals surface area contributed by atoms with E-state index in [1.165, 1.54) is 11.3 Å². The van der Waals surface area contributed by atoms with Gasteiger partial charge >= 0.3 is 0 Å². The number of nitrogens with zero attached hydrogens (tertiary/aromatic N) is 2. The number of anilines is 1. The Bertz CT molecular complexity index is 671. The molecule has 1 aliphatic rings. The molecule has 1 atom stereocenters. The number of nitrogen functional groups attached to an aromatic ring is 1. The van der Waals surface area contributed by atoms with E-state index in [0.29, 0.717) is 18.3 Å². The lowest BCUT2D eigenvalue weighted by Gasteiger charge is -2.24. The minimum Gasteiger partial charge on any atom is -0.362 e. The van der Waals surface area contributed by atoms with Gasteiger partial charge in [0.15, 0.2) is 0 Å². The molecular weight excluding hydrogens is 264 g/mol. The summed E-state index contributed by atoms with van der Waals surface area (Å²) in [6, 6.07) is 14.3. The number of amides is 1. The quantitative estimate of drug-likeness (QED) is 0.510. The smallest absolute Gasteiger partial charge is 0.283 e. The van der Waals surface area contributed by atoms with Crippen molar-refractivity contribution in [3.8, 4) is 0 Å². The third-order valence-electron chi connectivity index (χ3n) is 3.85. The van der Waals surface area contributed by atoms with Crippen LogP contribution in [0.5, 0.6) is 0 Å². The summed E-state index contributed by atoms with van der Waals surface area (Å²) in [7, 11) is 0. The second-order valence-electron chi connectivity index (χ2n) is 5.30. The Morgan fingerprint density at radius 3 is 2.95 bits per heavy atom. The zero-order valence-corrected chi connectivity index (χ0v) is 11.9. The summed E-state index contributed by atoms with van der Waals surface area (Å²) < 4.78 is 0. The number of nitrogens with one attached hydrogen (secondary N) is 1. The fourth-order valence-electron chi connectivity index (χ4n) is 2.81. The lowest BCUT2D eigenvalue weighted by Crippen LogP contribution is -2.32. The Labute approximate surface area is 123 Å². The summed E-state index contributed by atoms with van der Waals surface area (Å²) >= 11 is 0. The summed E-state index contributed by atoms with van der Waals surface area (Å²) in [4.78, 5) is 18.3. The molecule has 0 saturated heterocycles. The third kappa shape index (κ3) is 2.60. The van der Waals surface area contributed by atoms with Crippen LogP contribution in [0, 0.1) is 0 Å². The largest absolute Gasteiger partial charge is 0.362 e. The minimum atomic E-state index is -0.369. The van der Waals surface area contributed by atoms with Gasteiger partial charge < -0.3 is 4.90 Å². The highest BCUT2D eigenvalue weighted by molar-refractivity contribution is 5.91. The van der Waals surface area contributed by atoms with Crippen molar-refractivity contribution in [3.05, 3.63) is 59.4 Å². The lowest BCUT2D eigenvalue weighted by atomic mass is 10.1. The van der Waals surface area contributed by atoms with E-state index in [9.17, 15) is 4.79 Å². The summed E-state index contributed by atoms with van der Waals surface area (Å²) in [6.45, 7) is 2.89. The fourth-order valence-corrected chi connectivity index (χ4v) is 2.81. The van der Waals surface area contributed by atoms with Crippen molar-refractivity contribution in [2.45, 2.75) is 25.9 Å². The molecule has 0 saturated carbocycles. The molecular formula is C16H18N4O. The molecule has 1 aromatic carbocycles. The second-order valence-corrected chi connectivity index (χ2v) is 5.30. The molecule has 5 heteroatoms. The Hall–Kier alpha value is -2.40. The van der Waals surface area contributed by atoms with Crippen LogP contribution in [-0.4, -0.2) is 16.9 Å². The Kier molecular flexibility index (Phi) is 3.58. The zero-order valence-electron chi connectivity index (χ0n) is 11.9. The highest BCUT2D eigenvalue weighted by atomic mass is 16.2. The number of pyridine rings is 1. The molecule has 0 spiro atoms. The van der Waals surface area contributed by atoms with Crippen LogP contribution >= 0.6 is 0 Å². The van der Waals surface area contributed by atoms with Crippen molar-refractivity contribution in [3.63, 3.8) is 0 Å². The molecule has 1 aromatic heterocycles. The number of hydrogen-bond acceptors (Lipinski definition) is 4. The molecule has 0 radical (unpaired) electrons. The van der Waals surface area contributed by atoms with Crippen LogP contribution in [0.15, 0.2) is 42.5 Å². The van der Waals surface area contributed by atoms with Gasteiger partial charge in [-0.25, -0.2) is 10.8 Å². The highest BCUT2D eigenvalue weighted by Gasteiger charge is 2.25. The molecule has 2 heterocycles. The highest BCUT2D eigenvalue weighted by Crippen LogP contribution is 2.32. The summed E-state index contributed by atoms with van der Waals surface area (Å²) in [6.07, 6.45) is 1.04. The topological polar surface area (TPSA) is 71.2 Å². The number of nitrogens with two attached hydrogens (primary N) is 1. The second kappa shape index (κ2) is 5.54. The molecule has 21 heavy (non-hydrogen) atoms. The molecule has 2 aromatic rings. The van der Waals surface area contributed by atoms with Crippen molar-refractivity contribution in [1.82, 2.24) is 10.4 Å². The number of carbonyl (C=O) groups excluding carboxylic acids is 1. The van der Waals surface area contributed by atoms with E-state index in [-0.39, 0.29) is 5.91 Å². The monoisotopic (exact) mass is 282 g/mol. The summed E-state index contributed by atoms with van der Waals surface area (Å²) in [5.74, 6) is 4.78. The van der Waals surface area contributed by atoms with Crippen molar-refractivity contribution in [1.29, 1.82) is 0 Å². The van der Waals surface area contributed by atoms with E-state index in [0.717, 1.165) is 12.1 Å². The maximum atomic E-state index is 11.6. The molecule has 0 aliphatic carbocycles. The lowest BCUT2D eigenvalue weighted by molar-refractivity contribution is 0.0948. The average molecular weight is 282 g/mol. The van der Waals surface area contributed by atoms with Gasteiger partial charge in [-0.1, -0.05) is 24.3 Å². The van der Waals surface area contributed by atoms with Crippen LogP contribution in [0.25, 0.3) is 0 Å². The molecule has 3 N–H and O–H groups in total. The molecule has 3 rings (SSSR count). The fraction of sp³-hybridized carbons (Fsp3) is 0.250. The Balaban J connectivity index is 1.86. The van der Waals surface area contributed by atoms with Crippen molar-refractivity contribution < 1.29 is 4.79 Å². The number of hydrazine groups is 1. The van der Waals surface area contributed by atoms with Gasteiger partial charge in [-0.3, -0.25) is 10.2 Å². The van der Waals surface area contributed by atoms with Gasteiger partial charge in [0.25, 0.3) is 5.91 Å². The first kappa shape index (κ1) is 13.6. The van der Waals surface area contributed by atoms with Gasteiger partial charge in [-0.15, -0.1) is 0 Å². The first-order chi connectivity index (χ1) is 10.2. The van der Waals surface area contributed by atoms with Crippen molar-refractivity contribution in [2.24, 2.45) is 5.84 Å². The predicted molar refractivity (Wildman–Crippen MR) is 81.7 cm³/mol. The number of hydrogen-bond donors (Lipinski definition) is 2. The molecule has 1 aliphatic heterocycles. The van der Waals surface area contributed by atoms with Crippen LogP contribution in [-0.2, 0) is 13.0 Å². The van der Waals surface area contributed by atoms with Gasteiger partial charge in [0.1, 0.15) is 5.69 Å². The predicted octanol–water partition coefficient (Wildman–Crippen LogP) is 1.64. The average Bonchev–Trinajstić information content (AvgIpc) is 2.83. The number of fused-ring (bicyclic) bond motifs is 1. The Morgan fingerprint density at radius 1 is 1.33 bits per heavy atom. The molecule has 1 unspecified atom stereocenters. The molecule has 108 valence electrons. The molecule has 0 fully saturated rings. The number of carbonyl (C=O) groups is 1. The first-order valence-corrected chi connectivity index (χ1v) is 7.00. The van der Waals surface area contributed by atoms with E-state index >= 15 is 0 Å². The standard InChI is InChI=1S/C16H18N4O/c1-11-9-12-5-2-3-8-15(12)20(11)10-13-6-4-7-14(18-13)16(21)19-17/h2-8,11H,9-10,17H2,1H3,(H,19,21). The van der Waals surface area contributed by atoms with Crippen LogP contribution in [0.3, 0.4) is 0 Å². The number of benzene rings is 1. The summed E-state index contributed by atoms with van der Waals surface area (Å²) in [5, 5.41) is 0. The van der Waals surface area contributed by atoms with Gasteiger partial charge in [-0.05, 0) is 37.1 Å². The van der Waals surface area contributed by atoms with E-state index < -0.39 is 0 Å². The SMILES string of the molecule is CC1Cc2ccccc2N1Cc1cccc(C(=O)NN)n1. The van der Waals surface area contributed by atoms with Gasteiger partial charge in [0.05, 0.1) is 12.2 Å². The normalized spacial score (nSPS) is 16.7. The van der Waals surface area contributed by atoms with E-state index in [1.807, 2.05) is 12.1 Å². The summed E-state index contributed by atoms with van der Waals surface area (Å²) in [5.41, 5.74) is 5.93. The van der Waals surface area contributed by atoms with Crippen LogP contribution in [0.4, 0.5) is 5.69 Å². The van der Waals surface area contributed by atoms with Crippen LogP contribution in [0.2, 0.25) is 0 Å². The maximum absolute atomic E-state index is 11.6. The van der Waals surface area contributed by atoms with Crippen molar-refractivity contribution >= 4 is 11.6 Å². The van der Waals surface area contributed by atoms with E-state index in [1.54, 1.807) is 6.07 Å². The molecule has 1 amide bonds. The molecule has 0 bridgehead atoms.